The van der Waals surface area contributed by atoms with Crippen LogP contribution in [0.1, 0.15) is 36.8 Å². The molecule has 0 radical (unpaired) electrons. The maximum atomic E-state index is 5.44. The monoisotopic (exact) mass is 369 g/mol. The number of aryl methyl sites for hydroxylation is 1. The van der Waals surface area contributed by atoms with E-state index in [1.165, 1.54) is 36.8 Å². The van der Waals surface area contributed by atoms with E-state index >= 15 is 0 Å². The van der Waals surface area contributed by atoms with Crippen molar-refractivity contribution >= 4 is 0 Å². The van der Waals surface area contributed by atoms with Crippen molar-refractivity contribution in [1.29, 1.82) is 0 Å². The van der Waals surface area contributed by atoms with Crippen LogP contribution in [0.15, 0.2) is 42.5 Å². The smallest absolute Gasteiger partial charge is 0.160 e. The minimum absolute atomic E-state index is 0.526. The van der Waals surface area contributed by atoms with Crippen LogP contribution in [0.4, 0.5) is 0 Å². The molecule has 2 atom stereocenters. The number of rotatable bonds is 8. The molecule has 2 aromatic rings. The van der Waals surface area contributed by atoms with Crippen molar-refractivity contribution in [2.75, 3.05) is 21.3 Å². The molecule has 0 spiro atoms. The van der Waals surface area contributed by atoms with Crippen LogP contribution in [0.3, 0.4) is 0 Å². The van der Waals surface area contributed by atoms with E-state index in [1.54, 1.807) is 21.3 Å². The molecule has 2 unspecified atom stereocenters. The molecule has 4 nitrogen and oxygen atoms in total. The summed E-state index contributed by atoms with van der Waals surface area (Å²) in [5.74, 6) is 2.52. The number of hydrogen-bond donors (Lipinski definition) is 1. The number of piperidine rings is 1. The first kappa shape index (κ1) is 19.6. The van der Waals surface area contributed by atoms with E-state index in [9.17, 15) is 0 Å². The summed E-state index contributed by atoms with van der Waals surface area (Å²) in [5, 5.41) is 3.86. The second-order valence-corrected chi connectivity index (χ2v) is 7.27. The van der Waals surface area contributed by atoms with E-state index in [0.29, 0.717) is 12.1 Å². The van der Waals surface area contributed by atoms with Crippen LogP contribution in [-0.4, -0.2) is 33.4 Å². The highest BCUT2D eigenvalue weighted by Crippen LogP contribution is 2.29. The van der Waals surface area contributed by atoms with Gasteiger partial charge in [-0.25, -0.2) is 0 Å². The Balaban J connectivity index is 1.52. The first-order chi connectivity index (χ1) is 13.2. The molecule has 0 aromatic heterocycles. The summed E-state index contributed by atoms with van der Waals surface area (Å²) in [6.45, 7) is 0. The summed E-state index contributed by atoms with van der Waals surface area (Å²) in [7, 11) is 5.07. The Labute approximate surface area is 162 Å². The van der Waals surface area contributed by atoms with Crippen LogP contribution in [0.5, 0.6) is 17.2 Å². The van der Waals surface area contributed by atoms with Gasteiger partial charge in [0.2, 0.25) is 0 Å². The lowest BCUT2D eigenvalue weighted by Gasteiger charge is -2.31. The highest BCUT2D eigenvalue weighted by atomic mass is 16.5. The van der Waals surface area contributed by atoms with Crippen molar-refractivity contribution in [2.24, 2.45) is 0 Å². The van der Waals surface area contributed by atoms with Crippen molar-refractivity contribution in [3.8, 4) is 17.2 Å². The first-order valence-electron chi connectivity index (χ1n) is 9.81. The summed E-state index contributed by atoms with van der Waals surface area (Å²) >= 11 is 0. The third-order valence-corrected chi connectivity index (χ3v) is 5.45. The van der Waals surface area contributed by atoms with Crippen molar-refractivity contribution in [3.63, 3.8) is 0 Å². The quantitative estimate of drug-likeness (QED) is 0.749. The van der Waals surface area contributed by atoms with Gasteiger partial charge in [-0.3, -0.25) is 0 Å². The Kier molecular flexibility index (Phi) is 6.99. The SMILES string of the molecule is COc1ccc(CCC2CCCC(Cc3ccc(OC)c(OC)c3)N2)cc1. The van der Waals surface area contributed by atoms with Gasteiger partial charge in [-0.2, -0.15) is 0 Å². The van der Waals surface area contributed by atoms with E-state index in [0.717, 1.165) is 30.1 Å². The van der Waals surface area contributed by atoms with Gasteiger partial charge < -0.3 is 19.5 Å². The van der Waals surface area contributed by atoms with E-state index in [-0.39, 0.29) is 0 Å². The molecular weight excluding hydrogens is 338 g/mol. The van der Waals surface area contributed by atoms with Gasteiger partial charge in [-0.1, -0.05) is 24.6 Å². The molecule has 0 bridgehead atoms. The summed E-state index contributed by atoms with van der Waals surface area (Å²) in [6.07, 6.45) is 7.09. The number of nitrogens with one attached hydrogen (secondary N) is 1. The molecular formula is C23H31NO3. The van der Waals surface area contributed by atoms with Gasteiger partial charge in [0, 0.05) is 12.1 Å². The molecule has 0 amide bonds. The normalized spacial score (nSPS) is 19.5. The van der Waals surface area contributed by atoms with Crippen LogP contribution in [0.25, 0.3) is 0 Å². The Hall–Kier alpha value is -2.20. The van der Waals surface area contributed by atoms with Gasteiger partial charge in [0.1, 0.15) is 5.75 Å². The van der Waals surface area contributed by atoms with Crippen LogP contribution in [0.2, 0.25) is 0 Å². The highest BCUT2D eigenvalue weighted by molar-refractivity contribution is 5.43. The standard InChI is InChI=1S/C23H31NO3/c1-25-21-12-8-17(9-13-21)7-11-19-5-4-6-20(24-19)15-18-10-14-22(26-2)23(16-18)27-3/h8-10,12-14,16,19-20,24H,4-7,11,15H2,1-3H3. The van der Waals surface area contributed by atoms with E-state index in [1.807, 2.05) is 18.2 Å². The molecule has 146 valence electrons. The molecule has 1 N–H and O–H groups in total. The van der Waals surface area contributed by atoms with Gasteiger partial charge in [0.05, 0.1) is 21.3 Å². The minimum Gasteiger partial charge on any atom is -0.497 e. The Morgan fingerprint density at radius 1 is 0.815 bits per heavy atom. The maximum absolute atomic E-state index is 5.44. The average Bonchev–Trinajstić information content (AvgIpc) is 2.73. The van der Waals surface area contributed by atoms with Crippen molar-refractivity contribution in [2.45, 2.75) is 50.6 Å². The molecule has 0 saturated carbocycles. The number of methoxy groups -OCH3 is 3. The largest absolute Gasteiger partial charge is 0.497 e. The van der Waals surface area contributed by atoms with E-state index < -0.39 is 0 Å². The zero-order valence-corrected chi connectivity index (χ0v) is 16.7. The lowest BCUT2D eigenvalue weighted by Crippen LogP contribution is -2.43. The molecule has 1 saturated heterocycles. The molecule has 1 heterocycles. The van der Waals surface area contributed by atoms with E-state index in [4.69, 9.17) is 14.2 Å². The Bertz CT molecular complexity index is 714. The highest BCUT2D eigenvalue weighted by Gasteiger charge is 2.21. The zero-order valence-electron chi connectivity index (χ0n) is 16.7. The van der Waals surface area contributed by atoms with Gasteiger partial charge in [-0.05, 0) is 67.5 Å². The molecule has 2 aromatic carbocycles. The third kappa shape index (κ3) is 5.39. The molecule has 1 aliphatic rings. The summed E-state index contributed by atoms with van der Waals surface area (Å²) in [6, 6.07) is 15.8. The Morgan fingerprint density at radius 2 is 1.52 bits per heavy atom. The summed E-state index contributed by atoms with van der Waals surface area (Å²) < 4.78 is 16.0. The van der Waals surface area contributed by atoms with Crippen molar-refractivity contribution in [1.82, 2.24) is 5.32 Å². The lowest BCUT2D eigenvalue weighted by molar-refractivity contribution is 0.306. The first-order valence-corrected chi connectivity index (χ1v) is 9.81. The fourth-order valence-corrected chi connectivity index (χ4v) is 3.92. The van der Waals surface area contributed by atoms with Gasteiger partial charge in [-0.15, -0.1) is 0 Å². The molecule has 4 heteroatoms. The average molecular weight is 370 g/mol. The minimum atomic E-state index is 0.526. The predicted molar refractivity (Wildman–Crippen MR) is 109 cm³/mol. The summed E-state index contributed by atoms with van der Waals surface area (Å²) in [5.41, 5.74) is 2.67. The third-order valence-electron chi connectivity index (χ3n) is 5.45. The van der Waals surface area contributed by atoms with Crippen LogP contribution < -0.4 is 19.5 Å². The van der Waals surface area contributed by atoms with Gasteiger partial charge >= 0.3 is 0 Å². The number of ether oxygens (including phenoxy) is 3. The second-order valence-electron chi connectivity index (χ2n) is 7.27. The number of benzene rings is 2. The van der Waals surface area contributed by atoms with Crippen molar-refractivity contribution in [3.05, 3.63) is 53.6 Å². The molecule has 0 aliphatic carbocycles. The topological polar surface area (TPSA) is 39.7 Å². The van der Waals surface area contributed by atoms with Crippen molar-refractivity contribution < 1.29 is 14.2 Å². The molecule has 27 heavy (non-hydrogen) atoms. The lowest BCUT2D eigenvalue weighted by atomic mass is 9.91. The Morgan fingerprint density at radius 3 is 2.22 bits per heavy atom. The maximum Gasteiger partial charge on any atom is 0.160 e. The summed E-state index contributed by atoms with van der Waals surface area (Å²) in [4.78, 5) is 0. The fourth-order valence-electron chi connectivity index (χ4n) is 3.92. The predicted octanol–water partition coefficient (Wildman–Crippen LogP) is 4.40. The molecule has 1 aliphatic heterocycles. The van der Waals surface area contributed by atoms with Crippen LogP contribution >= 0.6 is 0 Å². The zero-order chi connectivity index (χ0) is 19.1. The molecule has 3 rings (SSSR count). The van der Waals surface area contributed by atoms with Gasteiger partial charge in [0.15, 0.2) is 11.5 Å². The second kappa shape index (κ2) is 9.65. The fraction of sp³-hybridized carbons (Fsp3) is 0.478. The van der Waals surface area contributed by atoms with Crippen LogP contribution in [0, 0.1) is 0 Å². The van der Waals surface area contributed by atoms with Gasteiger partial charge in [0.25, 0.3) is 0 Å². The molecule has 1 fully saturated rings. The van der Waals surface area contributed by atoms with E-state index in [2.05, 4.69) is 29.6 Å². The van der Waals surface area contributed by atoms with Crippen LogP contribution in [-0.2, 0) is 12.8 Å². The number of hydrogen-bond acceptors (Lipinski definition) is 4.